The van der Waals surface area contributed by atoms with Gasteiger partial charge in [-0.05, 0) is 18.2 Å². The molecule has 0 spiro atoms. The van der Waals surface area contributed by atoms with Crippen LogP contribution >= 0.6 is 11.3 Å². The highest BCUT2D eigenvalue weighted by molar-refractivity contribution is 7.18. The number of aliphatic imine (C=N–C) groups is 1. The lowest BCUT2D eigenvalue weighted by atomic mass is 10.1. The first kappa shape index (κ1) is 18.2. The molecular formula is C19H13BrN2O3S. The number of carbonyl (C=O) groups is 2. The Bertz CT molecular complexity index is 1090. The number of nitrogens with zero attached hydrogens (tertiary/aromatic N) is 2. The second kappa shape index (κ2) is 7.31. The van der Waals surface area contributed by atoms with Gasteiger partial charge in [0, 0.05) is 11.6 Å². The fraction of sp³-hybridized carbons (Fsp3) is 0.0526. The van der Waals surface area contributed by atoms with Crippen LogP contribution in [0.5, 0.6) is 0 Å². The highest BCUT2D eigenvalue weighted by atomic mass is 79.9. The van der Waals surface area contributed by atoms with Gasteiger partial charge in [-0.2, -0.15) is 4.79 Å². The number of carbonyl (C=O) groups excluding carboxylic acids is 1. The summed E-state index contributed by atoms with van der Waals surface area (Å²) in [6, 6.07) is 14.7. The van der Waals surface area contributed by atoms with Gasteiger partial charge < -0.3 is 22.1 Å². The summed E-state index contributed by atoms with van der Waals surface area (Å²) >= 11 is 1.44. The van der Waals surface area contributed by atoms with Gasteiger partial charge in [0.2, 0.25) is 5.52 Å². The van der Waals surface area contributed by atoms with Crippen LogP contribution in [0.3, 0.4) is 0 Å². The van der Waals surface area contributed by atoms with Crippen LogP contribution in [-0.2, 0) is 6.42 Å². The summed E-state index contributed by atoms with van der Waals surface area (Å²) < 4.78 is 2.23. The first-order chi connectivity index (χ1) is 12.1. The topological polar surface area (TPSA) is 70.6 Å². The molecule has 3 aromatic rings. The van der Waals surface area contributed by atoms with E-state index in [9.17, 15) is 14.7 Å². The number of rotatable bonds is 3. The summed E-state index contributed by atoms with van der Waals surface area (Å²) in [4.78, 5) is 27.5. The van der Waals surface area contributed by atoms with E-state index < -0.39 is 6.09 Å². The Morgan fingerprint density at radius 1 is 1.12 bits per heavy atom. The van der Waals surface area contributed by atoms with Crippen molar-refractivity contribution in [3.63, 3.8) is 0 Å². The van der Waals surface area contributed by atoms with Gasteiger partial charge in [-0.3, -0.25) is 4.79 Å². The number of carboxylic acid groups (broad SMARTS) is 1. The van der Waals surface area contributed by atoms with Gasteiger partial charge in [-0.1, -0.05) is 52.3 Å². The quantitative estimate of drug-likeness (QED) is 0.616. The number of hydrogen-bond donors (Lipinski definition) is 1. The average Bonchev–Trinajstić information content (AvgIpc) is 3.13. The molecule has 0 aliphatic carbocycles. The molecule has 0 bridgehead atoms. The van der Waals surface area contributed by atoms with Gasteiger partial charge >= 0.3 is 6.09 Å². The Morgan fingerprint density at radius 3 is 2.58 bits per heavy atom. The molecule has 0 unspecified atom stereocenters. The zero-order valence-electron chi connectivity index (χ0n) is 13.4. The van der Waals surface area contributed by atoms with Crippen LogP contribution in [0.15, 0.2) is 65.7 Å². The number of para-hydroxylation sites is 1. The Balaban J connectivity index is 0.00000196. The smallest absolute Gasteiger partial charge is 0.600 e. The Morgan fingerprint density at radius 2 is 1.81 bits per heavy atom. The second-order valence-corrected chi connectivity index (χ2v) is 6.65. The van der Waals surface area contributed by atoms with Gasteiger partial charge in [0.25, 0.3) is 10.9 Å². The summed E-state index contributed by atoms with van der Waals surface area (Å²) in [6.45, 7) is 0. The van der Waals surface area contributed by atoms with E-state index in [1.165, 1.54) is 15.9 Å². The van der Waals surface area contributed by atoms with Crippen molar-refractivity contribution in [2.75, 3.05) is 0 Å². The minimum atomic E-state index is -1.00. The van der Waals surface area contributed by atoms with Gasteiger partial charge in [0.1, 0.15) is 4.70 Å². The Kier molecular flexibility index (Phi) is 5.11. The molecule has 5 nitrogen and oxygen atoms in total. The molecule has 0 radical (unpaired) electrons. The lowest BCUT2D eigenvalue weighted by Gasteiger charge is -1.96. The molecule has 7 heteroatoms. The third-order valence-corrected chi connectivity index (χ3v) is 5.15. The summed E-state index contributed by atoms with van der Waals surface area (Å²) in [7, 11) is 0. The van der Waals surface area contributed by atoms with Crippen LogP contribution in [-0.4, -0.2) is 22.8 Å². The summed E-state index contributed by atoms with van der Waals surface area (Å²) in [5.74, 6) is -0.238. The van der Waals surface area contributed by atoms with E-state index in [4.69, 9.17) is 0 Å². The summed E-state index contributed by atoms with van der Waals surface area (Å²) in [5, 5.41) is 10.2. The Labute approximate surface area is 163 Å². The fourth-order valence-corrected chi connectivity index (χ4v) is 4.01. The fourth-order valence-electron chi connectivity index (χ4n) is 2.90. The lowest BCUT2D eigenvalue weighted by Crippen LogP contribution is -3.00. The number of halogens is 1. The van der Waals surface area contributed by atoms with Crippen molar-refractivity contribution in [1.82, 2.24) is 0 Å². The number of hydrogen-bond acceptors (Lipinski definition) is 3. The number of amides is 1. The molecule has 0 saturated heterocycles. The molecule has 2 heterocycles. The van der Waals surface area contributed by atoms with Crippen LogP contribution in [0.1, 0.15) is 20.9 Å². The van der Waals surface area contributed by atoms with Gasteiger partial charge in [0.05, 0.1) is 17.7 Å². The standard InChI is InChI=1S/C19H12N2O3S.BrH/c22-18-13-7-2-1-6-12(13)14(20-18)8-5-11-17-21(19(23)24)15-9-3-4-10-16(15)25-17;/h1-10H,11H2;1H. The van der Waals surface area contributed by atoms with Crippen LogP contribution in [0.4, 0.5) is 4.79 Å². The molecule has 0 fully saturated rings. The van der Waals surface area contributed by atoms with Gasteiger partial charge in [0.15, 0.2) is 0 Å². The molecule has 1 N–H and O–H groups in total. The third kappa shape index (κ3) is 3.11. The number of benzene rings is 2. The SMILES string of the molecule is O=C1N=C(C=CCc2sc3ccccc3[n+]2C(=O)O)c2ccccc21.[Br-]. The number of aromatic nitrogens is 1. The first-order valence-electron chi connectivity index (χ1n) is 7.70. The van der Waals surface area contributed by atoms with Crippen molar-refractivity contribution in [3.05, 3.63) is 76.8 Å². The maximum atomic E-state index is 11.9. The summed E-state index contributed by atoms with van der Waals surface area (Å²) in [5.41, 5.74) is 2.71. The minimum absolute atomic E-state index is 0. The minimum Gasteiger partial charge on any atom is -1.00 e. The first-order valence-corrected chi connectivity index (χ1v) is 8.51. The normalized spacial score (nSPS) is 12.9. The van der Waals surface area contributed by atoms with Crippen molar-refractivity contribution in [3.8, 4) is 0 Å². The number of thiazole rings is 1. The van der Waals surface area contributed by atoms with E-state index in [1.807, 2.05) is 42.5 Å². The van der Waals surface area contributed by atoms with Crippen molar-refractivity contribution < 1.29 is 36.2 Å². The zero-order chi connectivity index (χ0) is 17.4. The average molecular weight is 429 g/mol. The van der Waals surface area contributed by atoms with E-state index >= 15 is 0 Å². The lowest BCUT2D eigenvalue weighted by molar-refractivity contribution is -0.559. The van der Waals surface area contributed by atoms with Crippen LogP contribution < -0.4 is 21.5 Å². The van der Waals surface area contributed by atoms with Crippen LogP contribution in [0.2, 0.25) is 0 Å². The van der Waals surface area contributed by atoms with Gasteiger partial charge in [-0.25, -0.2) is 4.99 Å². The molecule has 4 rings (SSSR count). The van der Waals surface area contributed by atoms with Crippen molar-refractivity contribution in [2.45, 2.75) is 6.42 Å². The van der Waals surface area contributed by atoms with Gasteiger partial charge in [-0.15, -0.1) is 0 Å². The van der Waals surface area contributed by atoms with E-state index in [2.05, 4.69) is 4.99 Å². The molecule has 1 aromatic heterocycles. The largest absolute Gasteiger partial charge is 1.00 e. The predicted octanol–water partition coefficient (Wildman–Crippen LogP) is 0.461. The maximum Gasteiger partial charge on any atom is 0.600 e. The van der Waals surface area contributed by atoms with Crippen molar-refractivity contribution in [2.24, 2.45) is 4.99 Å². The molecular weight excluding hydrogens is 416 g/mol. The Hall–Kier alpha value is -2.64. The molecule has 26 heavy (non-hydrogen) atoms. The monoisotopic (exact) mass is 428 g/mol. The highest BCUT2D eigenvalue weighted by Gasteiger charge is 2.26. The van der Waals surface area contributed by atoms with Crippen LogP contribution in [0, 0.1) is 0 Å². The zero-order valence-corrected chi connectivity index (χ0v) is 15.8. The molecule has 130 valence electrons. The molecule has 0 saturated carbocycles. The van der Waals surface area contributed by atoms with E-state index in [0.29, 0.717) is 28.2 Å². The highest BCUT2D eigenvalue weighted by Crippen LogP contribution is 2.22. The second-order valence-electron chi connectivity index (χ2n) is 5.54. The molecule has 0 atom stereocenters. The van der Waals surface area contributed by atoms with E-state index in [-0.39, 0.29) is 22.9 Å². The molecule has 1 aliphatic heterocycles. The van der Waals surface area contributed by atoms with Crippen LogP contribution in [0.25, 0.3) is 10.2 Å². The summed E-state index contributed by atoms with van der Waals surface area (Å²) in [6.07, 6.45) is 3.07. The molecule has 1 aliphatic rings. The van der Waals surface area contributed by atoms with E-state index in [0.717, 1.165) is 10.3 Å². The van der Waals surface area contributed by atoms with Crippen molar-refractivity contribution >= 4 is 39.3 Å². The maximum absolute atomic E-state index is 11.9. The molecule has 2 aromatic carbocycles. The predicted molar refractivity (Wildman–Crippen MR) is 95.6 cm³/mol. The van der Waals surface area contributed by atoms with E-state index in [1.54, 1.807) is 18.2 Å². The third-order valence-electron chi connectivity index (χ3n) is 4.00. The molecule has 1 amide bonds. The van der Waals surface area contributed by atoms with Crippen molar-refractivity contribution in [1.29, 1.82) is 0 Å². The number of fused-ring (bicyclic) bond motifs is 2. The number of allylic oxidation sites excluding steroid dienone is 2.